The van der Waals surface area contributed by atoms with E-state index >= 15 is 0 Å². The van der Waals surface area contributed by atoms with Gasteiger partial charge < -0.3 is 15.4 Å². The average Bonchev–Trinajstić information content (AvgIpc) is 2.51. The number of ether oxygens (including phenoxy) is 1. The van der Waals surface area contributed by atoms with Crippen molar-refractivity contribution >= 4 is 29.9 Å². The molecule has 0 fully saturated rings. The van der Waals surface area contributed by atoms with E-state index in [1.807, 2.05) is 19.9 Å². The predicted molar refractivity (Wildman–Crippen MR) is 110 cm³/mol. The monoisotopic (exact) mass is 451 g/mol. The zero-order valence-electron chi connectivity index (χ0n) is 15.1. The van der Waals surface area contributed by atoms with Gasteiger partial charge in [0.05, 0.1) is 12.6 Å². The van der Waals surface area contributed by atoms with Gasteiger partial charge in [-0.1, -0.05) is 26.0 Å². The van der Waals surface area contributed by atoms with Crippen LogP contribution in [0.2, 0.25) is 0 Å². The summed E-state index contributed by atoms with van der Waals surface area (Å²) in [6.07, 6.45) is 1.18. The number of hydrogen-bond donors (Lipinski definition) is 2. The maximum Gasteiger partial charge on any atom is 0.191 e. The fourth-order valence-corrected chi connectivity index (χ4v) is 2.30. The summed E-state index contributed by atoms with van der Waals surface area (Å²) in [5.41, 5.74) is 0.858. The van der Waals surface area contributed by atoms with Crippen molar-refractivity contribution in [3.63, 3.8) is 0 Å². The quantitative estimate of drug-likeness (QED) is 0.340. The Hall–Kier alpha value is -0.890. The zero-order chi connectivity index (χ0) is 17.1. The Morgan fingerprint density at radius 3 is 2.58 bits per heavy atom. The molecule has 0 aliphatic heterocycles. The van der Waals surface area contributed by atoms with E-state index in [1.54, 1.807) is 6.07 Å². The van der Waals surface area contributed by atoms with Crippen molar-refractivity contribution < 1.29 is 9.13 Å². The average molecular weight is 451 g/mol. The van der Waals surface area contributed by atoms with Gasteiger partial charge in [0.25, 0.3) is 0 Å². The molecular formula is C18H31FIN3O. The normalized spacial score (nSPS) is 12.7. The van der Waals surface area contributed by atoms with E-state index in [0.29, 0.717) is 12.5 Å². The minimum atomic E-state index is -0.229. The topological polar surface area (TPSA) is 45.7 Å². The SMILES string of the molecule is CCNC(=NCc1cccc(F)c1)NCCC(OCC)C(C)C.I. The number of hydrogen-bond acceptors (Lipinski definition) is 2. The molecule has 24 heavy (non-hydrogen) atoms. The highest BCUT2D eigenvalue weighted by Crippen LogP contribution is 2.10. The lowest BCUT2D eigenvalue weighted by Gasteiger charge is -2.21. The highest BCUT2D eigenvalue weighted by Gasteiger charge is 2.12. The second-order valence-electron chi connectivity index (χ2n) is 5.78. The highest BCUT2D eigenvalue weighted by atomic mass is 127. The molecule has 1 rings (SSSR count). The van der Waals surface area contributed by atoms with Gasteiger partial charge in [0.2, 0.25) is 0 Å². The summed E-state index contributed by atoms with van der Waals surface area (Å²) >= 11 is 0. The Balaban J connectivity index is 0.00000529. The van der Waals surface area contributed by atoms with Crippen LogP contribution in [-0.4, -0.2) is 31.8 Å². The molecule has 0 amide bonds. The molecular weight excluding hydrogens is 420 g/mol. The smallest absolute Gasteiger partial charge is 0.191 e. The van der Waals surface area contributed by atoms with E-state index in [0.717, 1.165) is 37.6 Å². The molecule has 0 heterocycles. The molecule has 0 bridgehead atoms. The van der Waals surface area contributed by atoms with Crippen LogP contribution in [-0.2, 0) is 11.3 Å². The molecule has 0 spiro atoms. The molecule has 6 heteroatoms. The standard InChI is InChI=1S/C18H30FN3O.HI/c1-5-20-18(21-11-10-17(14(3)4)23-6-2)22-13-15-8-7-9-16(19)12-15;/h7-9,12,14,17H,5-6,10-11,13H2,1-4H3,(H2,20,21,22);1H. The third-order valence-electron chi connectivity index (χ3n) is 3.50. The second kappa shape index (κ2) is 13.4. The number of aliphatic imine (C=N–C) groups is 1. The molecule has 0 aliphatic carbocycles. The fraction of sp³-hybridized carbons (Fsp3) is 0.611. The van der Waals surface area contributed by atoms with Crippen LogP contribution in [0.15, 0.2) is 29.3 Å². The van der Waals surface area contributed by atoms with Gasteiger partial charge in [-0.25, -0.2) is 9.38 Å². The number of halogens is 2. The Kier molecular flexibility index (Phi) is 12.9. The van der Waals surface area contributed by atoms with E-state index in [1.165, 1.54) is 12.1 Å². The van der Waals surface area contributed by atoms with Gasteiger partial charge >= 0.3 is 0 Å². The van der Waals surface area contributed by atoms with Crippen molar-refractivity contribution in [2.45, 2.75) is 46.8 Å². The van der Waals surface area contributed by atoms with Crippen molar-refractivity contribution in [1.29, 1.82) is 0 Å². The molecule has 0 saturated carbocycles. The maximum absolute atomic E-state index is 13.2. The molecule has 4 nitrogen and oxygen atoms in total. The van der Waals surface area contributed by atoms with Crippen LogP contribution in [0.3, 0.4) is 0 Å². The number of benzene rings is 1. The number of guanidine groups is 1. The Labute approximate surface area is 162 Å². The lowest BCUT2D eigenvalue weighted by Crippen LogP contribution is -2.39. The maximum atomic E-state index is 13.2. The minimum absolute atomic E-state index is 0. The molecule has 1 atom stereocenters. The number of nitrogens with one attached hydrogen (secondary N) is 2. The van der Waals surface area contributed by atoms with Gasteiger partial charge in [-0.3, -0.25) is 0 Å². The molecule has 2 N–H and O–H groups in total. The Bertz CT molecular complexity index is 483. The van der Waals surface area contributed by atoms with Crippen molar-refractivity contribution in [2.75, 3.05) is 19.7 Å². The van der Waals surface area contributed by atoms with Crippen molar-refractivity contribution in [3.05, 3.63) is 35.6 Å². The van der Waals surface area contributed by atoms with Crippen molar-refractivity contribution in [2.24, 2.45) is 10.9 Å². The van der Waals surface area contributed by atoms with Crippen LogP contribution in [0.1, 0.15) is 39.7 Å². The van der Waals surface area contributed by atoms with E-state index < -0.39 is 0 Å². The third kappa shape index (κ3) is 9.42. The molecule has 0 aliphatic rings. The molecule has 1 unspecified atom stereocenters. The summed E-state index contributed by atoms with van der Waals surface area (Å²) in [4.78, 5) is 4.50. The summed E-state index contributed by atoms with van der Waals surface area (Å²) in [6, 6.07) is 6.53. The van der Waals surface area contributed by atoms with Crippen LogP contribution in [0.25, 0.3) is 0 Å². The van der Waals surface area contributed by atoms with E-state index in [4.69, 9.17) is 4.74 Å². The summed E-state index contributed by atoms with van der Waals surface area (Å²) in [5, 5.41) is 6.52. The zero-order valence-corrected chi connectivity index (χ0v) is 17.5. The Morgan fingerprint density at radius 1 is 1.25 bits per heavy atom. The molecule has 0 radical (unpaired) electrons. The Morgan fingerprint density at radius 2 is 2.00 bits per heavy atom. The summed E-state index contributed by atoms with van der Waals surface area (Å²) in [5.74, 6) is 1.01. The fourth-order valence-electron chi connectivity index (χ4n) is 2.30. The number of nitrogens with zero attached hydrogens (tertiary/aromatic N) is 1. The van der Waals surface area contributed by atoms with Gasteiger partial charge in [-0.15, -0.1) is 24.0 Å². The molecule has 0 aromatic heterocycles. The van der Waals surface area contributed by atoms with Gasteiger partial charge in [0.15, 0.2) is 5.96 Å². The number of rotatable bonds is 9. The lowest BCUT2D eigenvalue weighted by molar-refractivity contribution is 0.0258. The molecule has 1 aromatic carbocycles. The van der Waals surface area contributed by atoms with Crippen molar-refractivity contribution in [3.8, 4) is 0 Å². The first kappa shape index (κ1) is 23.1. The highest BCUT2D eigenvalue weighted by molar-refractivity contribution is 14.0. The van der Waals surface area contributed by atoms with Crippen LogP contribution >= 0.6 is 24.0 Å². The van der Waals surface area contributed by atoms with Crippen molar-refractivity contribution in [1.82, 2.24) is 10.6 Å². The van der Waals surface area contributed by atoms with Gasteiger partial charge in [0, 0.05) is 19.7 Å². The first-order chi connectivity index (χ1) is 11.1. The van der Waals surface area contributed by atoms with Gasteiger partial charge in [0.1, 0.15) is 5.82 Å². The first-order valence-electron chi connectivity index (χ1n) is 8.45. The van der Waals surface area contributed by atoms with E-state index in [9.17, 15) is 4.39 Å². The molecule has 0 saturated heterocycles. The minimum Gasteiger partial charge on any atom is -0.378 e. The summed E-state index contributed by atoms with van der Waals surface area (Å²) in [7, 11) is 0. The van der Waals surface area contributed by atoms with Gasteiger partial charge in [-0.2, -0.15) is 0 Å². The molecule has 1 aromatic rings. The second-order valence-corrected chi connectivity index (χ2v) is 5.78. The van der Waals surface area contributed by atoms with Crippen LogP contribution in [0.4, 0.5) is 4.39 Å². The molecule has 138 valence electrons. The van der Waals surface area contributed by atoms with Crippen LogP contribution < -0.4 is 10.6 Å². The van der Waals surface area contributed by atoms with E-state index in [-0.39, 0.29) is 35.9 Å². The predicted octanol–water partition coefficient (Wildman–Crippen LogP) is 3.95. The lowest BCUT2D eigenvalue weighted by atomic mass is 10.0. The summed E-state index contributed by atoms with van der Waals surface area (Å²) < 4.78 is 18.9. The third-order valence-corrected chi connectivity index (χ3v) is 3.50. The summed E-state index contributed by atoms with van der Waals surface area (Å²) in [6.45, 7) is 11.1. The van der Waals surface area contributed by atoms with Gasteiger partial charge in [-0.05, 0) is 43.9 Å². The first-order valence-corrected chi connectivity index (χ1v) is 8.45. The van der Waals surface area contributed by atoms with Crippen LogP contribution in [0.5, 0.6) is 0 Å². The van der Waals surface area contributed by atoms with Crippen LogP contribution in [0, 0.1) is 11.7 Å². The van der Waals surface area contributed by atoms with E-state index in [2.05, 4.69) is 29.5 Å². The largest absolute Gasteiger partial charge is 0.378 e.